The van der Waals surface area contributed by atoms with E-state index in [4.69, 9.17) is 47.6 Å². The molecule has 2 heterocycles. The molecule has 0 radical (unpaired) electrons. The first-order chi connectivity index (χ1) is 20.0. The lowest BCUT2D eigenvalue weighted by Crippen LogP contribution is -2.69. The van der Waals surface area contributed by atoms with Crippen LogP contribution in [0.15, 0.2) is 0 Å². The largest absolute Gasteiger partial charge is 0.394 e. The lowest BCUT2D eigenvalue weighted by Gasteiger charge is -2.48. The van der Waals surface area contributed by atoms with E-state index in [0.29, 0.717) is 25.9 Å². The minimum atomic E-state index is -1.55. The van der Waals surface area contributed by atoms with Crippen molar-refractivity contribution in [3.63, 3.8) is 0 Å². The lowest BCUT2D eigenvalue weighted by molar-refractivity contribution is -0.314. The molecule has 42 heavy (non-hydrogen) atoms. The van der Waals surface area contributed by atoms with Crippen molar-refractivity contribution in [1.82, 2.24) is 10.6 Å². The highest BCUT2D eigenvalue weighted by atomic mass is 16.7. The van der Waals surface area contributed by atoms with Crippen molar-refractivity contribution in [2.45, 2.75) is 118 Å². The summed E-state index contributed by atoms with van der Waals surface area (Å²) in [5.74, 6) is -0.758. The Hall–Kier alpha value is -1.13. The quantitative estimate of drug-likeness (QED) is 0.0814. The topological polar surface area (TPSA) is 309 Å². The van der Waals surface area contributed by atoms with Gasteiger partial charge in [-0.2, -0.15) is 0 Å². The Morgan fingerprint density at radius 1 is 0.929 bits per heavy atom. The second kappa shape index (κ2) is 16.8. The lowest BCUT2D eigenvalue weighted by atomic mass is 9.83. The summed E-state index contributed by atoms with van der Waals surface area (Å²) < 4.78 is 23.8. The normalized spacial score (nSPS) is 41.8. The third-order valence-electron chi connectivity index (χ3n) is 8.04. The predicted molar refractivity (Wildman–Crippen MR) is 148 cm³/mol. The van der Waals surface area contributed by atoms with Crippen LogP contribution in [0.5, 0.6) is 0 Å². The number of aliphatic hydroxyl groups is 5. The van der Waals surface area contributed by atoms with Gasteiger partial charge in [-0.25, -0.2) is 0 Å². The summed E-state index contributed by atoms with van der Waals surface area (Å²) in [6.45, 7) is 1.31. The van der Waals surface area contributed by atoms with E-state index in [1.165, 1.54) is 0 Å². The Labute approximate surface area is 245 Å². The van der Waals surface area contributed by atoms with Gasteiger partial charge in [-0.15, -0.1) is 0 Å². The van der Waals surface area contributed by atoms with Crippen LogP contribution >= 0.6 is 0 Å². The van der Waals surface area contributed by atoms with Gasteiger partial charge in [0.1, 0.15) is 42.7 Å². The molecule has 0 unspecified atom stereocenters. The zero-order valence-corrected chi connectivity index (χ0v) is 23.8. The standard InChI is InChI=1S/C25H51N7O10/c26-5-1-7-31-9-11-2-3-12(28)24(39-11)41-21-13(29)8-14(32-23(38)15(34)4-6-27)22(20(21)37)42-25-19(36)17(30)18(35)16(10-33)40-25/h11-22,24-25,31,33-37H,1-10,26-30H2,(H,32,38)/t11-,12+,13-,14+,15-,16+,17-,18+,19+,20-,21+,22-,24+,25+/m0/s1. The van der Waals surface area contributed by atoms with E-state index in [2.05, 4.69) is 10.6 Å². The highest BCUT2D eigenvalue weighted by Crippen LogP contribution is 2.31. The number of hydrogen-bond acceptors (Lipinski definition) is 16. The molecular formula is C25H51N7O10. The van der Waals surface area contributed by atoms with Crippen LogP contribution in [-0.4, -0.2) is 150 Å². The smallest absolute Gasteiger partial charge is 0.249 e. The molecule has 1 aliphatic carbocycles. The summed E-state index contributed by atoms with van der Waals surface area (Å²) in [7, 11) is 0. The van der Waals surface area contributed by atoms with Crippen molar-refractivity contribution in [3.8, 4) is 0 Å². The van der Waals surface area contributed by atoms with Crippen molar-refractivity contribution in [2.75, 3.05) is 32.8 Å². The van der Waals surface area contributed by atoms with E-state index in [1.807, 2.05) is 0 Å². The first kappa shape index (κ1) is 35.4. The number of nitrogens with two attached hydrogens (primary N) is 5. The molecule has 2 aliphatic heterocycles. The first-order valence-corrected chi connectivity index (χ1v) is 14.6. The third kappa shape index (κ3) is 8.96. The Morgan fingerprint density at radius 2 is 1.64 bits per heavy atom. The monoisotopic (exact) mass is 609 g/mol. The Balaban J connectivity index is 1.77. The van der Waals surface area contributed by atoms with E-state index in [-0.39, 0.29) is 25.5 Å². The van der Waals surface area contributed by atoms with Crippen LogP contribution in [0.4, 0.5) is 0 Å². The third-order valence-corrected chi connectivity index (χ3v) is 8.04. The van der Waals surface area contributed by atoms with Gasteiger partial charge >= 0.3 is 0 Å². The van der Waals surface area contributed by atoms with Crippen molar-refractivity contribution < 1.29 is 49.3 Å². The minimum Gasteiger partial charge on any atom is -0.394 e. The molecule has 0 aromatic rings. The van der Waals surface area contributed by atoms with E-state index >= 15 is 0 Å². The SMILES string of the molecule is NCCCNC[C@@H]1CC[C@@H](N)[C@@H](O[C@H]2[C@H](O)[C@@H](O[C@H]3O[C@H](CO)[C@@H](O)[C@H](N)[C@H]3O)[C@H](NC(=O)[C@@H](O)CCN)C[C@@H]2N)O1. The van der Waals surface area contributed by atoms with Gasteiger partial charge in [-0.3, -0.25) is 4.79 Å². The van der Waals surface area contributed by atoms with Crippen molar-refractivity contribution in [1.29, 1.82) is 0 Å². The summed E-state index contributed by atoms with van der Waals surface area (Å²) in [5, 5.41) is 58.1. The molecule has 0 aromatic carbocycles. The predicted octanol–water partition coefficient (Wildman–Crippen LogP) is -6.42. The molecule has 1 amide bonds. The van der Waals surface area contributed by atoms with Crippen LogP contribution in [0, 0.1) is 0 Å². The molecule has 246 valence electrons. The minimum absolute atomic E-state index is 0.00105. The van der Waals surface area contributed by atoms with Gasteiger partial charge in [0.05, 0.1) is 30.8 Å². The molecule has 17 heteroatoms. The summed E-state index contributed by atoms with van der Waals surface area (Å²) in [6.07, 6.45) is -9.83. The molecule has 0 spiro atoms. The molecular weight excluding hydrogens is 558 g/mol. The molecule has 17 nitrogen and oxygen atoms in total. The van der Waals surface area contributed by atoms with Gasteiger partial charge in [-0.05, 0) is 51.7 Å². The molecule has 3 rings (SSSR count). The van der Waals surface area contributed by atoms with E-state index in [1.54, 1.807) is 0 Å². The summed E-state index contributed by atoms with van der Waals surface area (Å²) in [4.78, 5) is 12.7. The highest BCUT2D eigenvalue weighted by Gasteiger charge is 2.51. The summed E-state index contributed by atoms with van der Waals surface area (Å²) in [5.41, 5.74) is 29.6. The summed E-state index contributed by atoms with van der Waals surface area (Å²) in [6, 6.07) is -3.54. The second-order valence-corrected chi connectivity index (χ2v) is 11.3. The Morgan fingerprint density at radius 3 is 2.31 bits per heavy atom. The fraction of sp³-hybridized carbons (Fsp3) is 0.960. The molecule has 3 fully saturated rings. The molecule has 2 saturated heterocycles. The number of carbonyl (C=O) groups excluding carboxylic acids is 1. The average Bonchev–Trinajstić information content (AvgIpc) is 2.96. The van der Waals surface area contributed by atoms with Crippen LogP contribution in [0.1, 0.15) is 32.1 Å². The average molecular weight is 610 g/mol. The van der Waals surface area contributed by atoms with Gasteiger partial charge in [-0.1, -0.05) is 0 Å². The molecule has 3 aliphatic rings. The molecule has 17 N–H and O–H groups in total. The number of nitrogens with one attached hydrogen (secondary N) is 2. The zero-order chi connectivity index (χ0) is 31.0. The zero-order valence-electron chi connectivity index (χ0n) is 23.8. The van der Waals surface area contributed by atoms with Gasteiger partial charge in [0, 0.05) is 12.6 Å². The molecule has 0 bridgehead atoms. The van der Waals surface area contributed by atoms with Crippen molar-refractivity contribution in [3.05, 3.63) is 0 Å². The van der Waals surface area contributed by atoms with E-state index in [0.717, 1.165) is 13.0 Å². The number of aliphatic hydroxyl groups excluding tert-OH is 5. The van der Waals surface area contributed by atoms with Gasteiger partial charge < -0.3 is 83.8 Å². The Kier molecular flexibility index (Phi) is 14.1. The van der Waals surface area contributed by atoms with Gasteiger partial charge in [0.15, 0.2) is 12.6 Å². The molecule has 1 saturated carbocycles. The first-order valence-electron chi connectivity index (χ1n) is 14.6. The number of ether oxygens (including phenoxy) is 4. The number of amides is 1. The van der Waals surface area contributed by atoms with E-state index < -0.39 is 92.0 Å². The van der Waals surface area contributed by atoms with Gasteiger partial charge in [0.25, 0.3) is 0 Å². The fourth-order valence-electron chi connectivity index (χ4n) is 5.49. The molecule has 14 atom stereocenters. The van der Waals surface area contributed by atoms with Crippen LogP contribution in [0.2, 0.25) is 0 Å². The van der Waals surface area contributed by atoms with Crippen LogP contribution < -0.4 is 39.3 Å². The maximum atomic E-state index is 12.7. The van der Waals surface area contributed by atoms with Gasteiger partial charge in [0.2, 0.25) is 5.91 Å². The van der Waals surface area contributed by atoms with E-state index in [9.17, 15) is 30.3 Å². The van der Waals surface area contributed by atoms with Crippen LogP contribution in [0.25, 0.3) is 0 Å². The van der Waals surface area contributed by atoms with Crippen molar-refractivity contribution in [2.24, 2.45) is 28.7 Å². The second-order valence-electron chi connectivity index (χ2n) is 11.3. The Bertz CT molecular complexity index is 820. The number of carbonyl (C=O) groups is 1. The summed E-state index contributed by atoms with van der Waals surface area (Å²) >= 11 is 0. The maximum Gasteiger partial charge on any atom is 0.249 e. The van der Waals surface area contributed by atoms with Crippen molar-refractivity contribution >= 4 is 5.91 Å². The number of rotatable bonds is 14. The van der Waals surface area contributed by atoms with Crippen LogP contribution in [0.3, 0.4) is 0 Å². The maximum absolute atomic E-state index is 12.7. The highest BCUT2D eigenvalue weighted by molar-refractivity contribution is 5.80. The molecule has 0 aromatic heterocycles. The number of hydrogen-bond donors (Lipinski definition) is 12. The van der Waals surface area contributed by atoms with Crippen LogP contribution in [-0.2, 0) is 23.7 Å². The fourth-order valence-corrected chi connectivity index (χ4v) is 5.49.